The van der Waals surface area contributed by atoms with Crippen molar-refractivity contribution >= 4 is 21.6 Å². The molecule has 21 heavy (non-hydrogen) atoms. The second kappa shape index (κ2) is 5.43. The molecule has 0 spiro atoms. The molecule has 3 atom stereocenters. The van der Waals surface area contributed by atoms with Crippen LogP contribution in [0.25, 0.3) is 0 Å². The van der Waals surface area contributed by atoms with Crippen LogP contribution < -0.4 is 10.1 Å². The van der Waals surface area contributed by atoms with Crippen LogP contribution in [0.5, 0.6) is 5.75 Å². The van der Waals surface area contributed by atoms with Crippen LogP contribution in [0.15, 0.2) is 23.1 Å². The Bertz CT molecular complexity index is 650. The monoisotopic (exact) mass is 330 g/mol. The maximum atomic E-state index is 13.1. The molecular weight excluding hydrogens is 312 g/mol. The number of hydrogen-bond acceptors (Lipinski definition) is 4. The van der Waals surface area contributed by atoms with Crippen molar-refractivity contribution < 1.29 is 13.2 Å². The van der Waals surface area contributed by atoms with Crippen molar-refractivity contribution in [2.75, 3.05) is 20.2 Å². The molecule has 2 saturated heterocycles. The summed E-state index contributed by atoms with van der Waals surface area (Å²) in [4.78, 5) is 0.189. The predicted molar refractivity (Wildman–Crippen MR) is 81.3 cm³/mol. The van der Waals surface area contributed by atoms with Gasteiger partial charge < -0.3 is 10.1 Å². The molecule has 116 valence electrons. The maximum Gasteiger partial charge on any atom is 0.247 e. The summed E-state index contributed by atoms with van der Waals surface area (Å²) in [6.45, 7) is 3.57. The van der Waals surface area contributed by atoms with Crippen molar-refractivity contribution in [2.45, 2.75) is 30.3 Å². The second-order valence-corrected chi connectivity index (χ2v) is 7.95. The smallest absolute Gasteiger partial charge is 0.247 e. The Morgan fingerprint density at radius 1 is 1.38 bits per heavy atom. The van der Waals surface area contributed by atoms with Gasteiger partial charge in [0.1, 0.15) is 10.6 Å². The highest BCUT2D eigenvalue weighted by Gasteiger charge is 2.48. The first-order valence-corrected chi connectivity index (χ1v) is 8.84. The summed E-state index contributed by atoms with van der Waals surface area (Å²) in [6.07, 6.45) is 0.896. The van der Waals surface area contributed by atoms with Gasteiger partial charge in [-0.15, -0.1) is 0 Å². The van der Waals surface area contributed by atoms with Gasteiger partial charge in [-0.1, -0.05) is 11.6 Å². The molecule has 0 radical (unpaired) electrons. The van der Waals surface area contributed by atoms with Crippen LogP contribution in [0.2, 0.25) is 5.02 Å². The zero-order chi connectivity index (χ0) is 15.2. The van der Waals surface area contributed by atoms with Crippen LogP contribution in [0.3, 0.4) is 0 Å². The number of sulfonamides is 1. The fourth-order valence-corrected chi connectivity index (χ4v) is 5.70. The molecule has 0 saturated carbocycles. The molecule has 0 aromatic heterocycles. The van der Waals surface area contributed by atoms with E-state index in [0.29, 0.717) is 23.2 Å². The Kier molecular flexibility index (Phi) is 3.90. The Balaban J connectivity index is 2.04. The zero-order valence-corrected chi connectivity index (χ0v) is 13.6. The molecule has 3 rings (SSSR count). The quantitative estimate of drug-likeness (QED) is 0.916. The van der Waals surface area contributed by atoms with Gasteiger partial charge in [-0.2, -0.15) is 4.31 Å². The van der Waals surface area contributed by atoms with E-state index < -0.39 is 10.0 Å². The van der Waals surface area contributed by atoms with Gasteiger partial charge in [-0.25, -0.2) is 8.42 Å². The summed E-state index contributed by atoms with van der Waals surface area (Å²) in [7, 11) is -2.14. The number of hydrogen-bond donors (Lipinski definition) is 1. The lowest BCUT2D eigenvalue weighted by atomic mass is 10.0. The lowest BCUT2D eigenvalue weighted by Gasteiger charge is -2.27. The van der Waals surface area contributed by atoms with Crippen LogP contribution in [0.4, 0.5) is 0 Å². The second-order valence-electron chi connectivity index (χ2n) is 5.70. The molecule has 0 amide bonds. The van der Waals surface area contributed by atoms with Crippen LogP contribution in [-0.2, 0) is 10.0 Å². The van der Waals surface area contributed by atoms with Crippen molar-refractivity contribution in [2.24, 2.45) is 5.92 Å². The topological polar surface area (TPSA) is 58.6 Å². The number of methoxy groups -OCH3 is 1. The number of rotatable bonds is 3. The van der Waals surface area contributed by atoms with Gasteiger partial charge in [-0.05, 0) is 37.9 Å². The number of halogens is 1. The minimum absolute atomic E-state index is 0.00693. The molecule has 2 heterocycles. The highest BCUT2D eigenvalue weighted by Crippen LogP contribution is 2.39. The van der Waals surface area contributed by atoms with Crippen molar-refractivity contribution in [3.63, 3.8) is 0 Å². The largest absolute Gasteiger partial charge is 0.495 e. The molecule has 2 fully saturated rings. The highest BCUT2D eigenvalue weighted by molar-refractivity contribution is 7.89. The standard InChI is InChI=1S/C14H19ClN2O3S/c1-9-5-10-7-16-8-12(10)17(9)21(18,19)14-4-3-11(15)6-13(14)20-2/h3-4,6,9-10,12,16H,5,7-8H2,1-2H3. The number of fused-ring (bicyclic) bond motifs is 1. The Hall–Kier alpha value is -0.820. The fraction of sp³-hybridized carbons (Fsp3) is 0.571. The van der Waals surface area contributed by atoms with E-state index in [9.17, 15) is 8.42 Å². The summed E-state index contributed by atoms with van der Waals surface area (Å²) < 4.78 is 33.0. The predicted octanol–water partition coefficient (Wildman–Crippen LogP) is 1.72. The minimum atomic E-state index is -3.59. The molecule has 1 aromatic rings. The number of ether oxygens (including phenoxy) is 1. The lowest BCUT2D eigenvalue weighted by molar-refractivity contribution is 0.332. The molecule has 5 nitrogen and oxygen atoms in total. The van der Waals surface area contributed by atoms with Crippen LogP contribution in [0, 0.1) is 5.92 Å². The van der Waals surface area contributed by atoms with E-state index in [1.807, 2.05) is 6.92 Å². The maximum absolute atomic E-state index is 13.1. The van der Waals surface area contributed by atoms with Gasteiger partial charge >= 0.3 is 0 Å². The zero-order valence-electron chi connectivity index (χ0n) is 12.0. The van der Waals surface area contributed by atoms with Gasteiger partial charge in [0.2, 0.25) is 10.0 Å². The summed E-state index contributed by atoms with van der Waals surface area (Å²) in [6, 6.07) is 4.69. The minimum Gasteiger partial charge on any atom is -0.495 e. The van der Waals surface area contributed by atoms with Crippen molar-refractivity contribution in [3.8, 4) is 5.75 Å². The average Bonchev–Trinajstić information content (AvgIpc) is 2.97. The first-order valence-electron chi connectivity index (χ1n) is 7.03. The highest BCUT2D eigenvalue weighted by atomic mass is 35.5. The van der Waals surface area contributed by atoms with Crippen molar-refractivity contribution in [1.82, 2.24) is 9.62 Å². The molecule has 7 heteroatoms. The molecule has 2 aliphatic rings. The SMILES string of the molecule is COc1cc(Cl)ccc1S(=O)(=O)N1C(C)CC2CNCC21. The third-order valence-corrected chi connectivity index (χ3v) is 6.70. The fourth-order valence-electron chi connectivity index (χ4n) is 3.51. The normalized spacial score (nSPS) is 29.6. The summed E-state index contributed by atoms with van der Waals surface area (Å²) >= 11 is 5.92. The third-order valence-electron chi connectivity index (χ3n) is 4.39. The van der Waals surface area contributed by atoms with Crippen LogP contribution in [-0.4, -0.2) is 45.0 Å². The van der Waals surface area contributed by atoms with E-state index in [4.69, 9.17) is 16.3 Å². The van der Waals surface area contributed by atoms with Crippen LogP contribution in [0.1, 0.15) is 13.3 Å². The summed E-state index contributed by atoms with van der Waals surface area (Å²) in [5.74, 6) is 0.692. The average molecular weight is 331 g/mol. The first kappa shape index (κ1) is 15.1. The molecule has 1 aromatic carbocycles. The Labute approximate surface area is 130 Å². The third kappa shape index (κ3) is 2.44. The molecule has 1 N–H and O–H groups in total. The number of nitrogens with one attached hydrogen (secondary N) is 1. The first-order chi connectivity index (χ1) is 9.95. The molecule has 3 unspecified atom stereocenters. The molecule has 0 aliphatic carbocycles. The number of benzene rings is 1. The summed E-state index contributed by atoms with van der Waals surface area (Å²) in [5.41, 5.74) is 0. The summed E-state index contributed by atoms with van der Waals surface area (Å²) in [5, 5.41) is 3.74. The van der Waals surface area contributed by atoms with E-state index in [1.54, 1.807) is 16.4 Å². The van der Waals surface area contributed by atoms with E-state index in [1.165, 1.54) is 13.2 Å². The Morgan fingerprint density at radius 2 is 2.14 bits per heavy atom. The van der Waals surface area contributed by atoms with Gasteiger partial charge in [0.25, 0.3) is 0 Å². The molecule has 0 bridgehead atoms. The van der Waals surface area contributed by atoms with Gasteiger partial charge in [0.05, 0.1) is 7.11 Å². The van der Waals surface area contributed by atoms with E-state index in [-0.39, 0.29) is 17.0 Å². The van der Waals surface area contributed by atoms with Gasteiger partial charge in [0, 0.05) is 29.7 Å². The lowest BCUT2D eigenvalue weighted by Crippen LogP contribution is -2.42. The van der Waals surface area contributed by atoms with E-state index in [2.05, 4.69) is 5.32 Å². The van der Waals surface area contributed by atoms with Crippen molar-refractivity contribution in [3.05, 3.63) is 23.2 Å². The van der Waals surface area contributed by atoms with Gasteiger partial charge in [-0.3, -0.25) is 0 Å². The number of nitrogens with zero attached hydrogens (tertiary/aromatic N) is 1. The molecular formula is C14H19ClN2O3S. The molecule has 2 aliphatic heterocycles. The Morgan fingerprint density at radius 3 is 2.86 bits per heavy atom. The van der Waals surface area contributed by atoms with Crippen LogP contribution >= 0.6 is 11.6 Å². The van der Waals surface area contributed by atoms with E-state index in [0.717, 1.165) is 13.0 Å². The van der Waals surface area contributed by atoms with Gasteiger partial charge in [0.15, 0.2) is 0 Å². The van der Waals surface area contributed by atoms with E-state index >= 15 is 0 Å². The van der Waals surface area contributed by atoms with Crippen molar-refractivity contribution in [1.29, 1.82) is 0 Å².